The molecule has 0 saturated heterocycles. The molecule has 0 aliphatic heterocycles. The Morgan fingerprint density at radius 3 is 2.68 bits per heavy atom. The molecule has 0 spiro atoms. The Hall–Kier alpha value is -0.770. The SMILES string of the molecule is CNCC(C)C(=O)NC1(c2cccc(Cl)c2)CC1.Cl. The third-order valence-electron chi connectivity index (χ3n) is 3.45. The molecule has 19 heavy (non-hydrogen) atoms. The minimum absolute atomic E-state index is 0. The van der Waals surface area contributed by atoms with E-state index in [0.717, 1.165) is 23.4 Å². The highest BCUT2D eigenvalue weighted by Gasteiger charge is 2.46. The lowest BCUT2D eigenvalue weighted by atomic mass is 10.0. The van der Waals surface area contributed by atoms with Crippen LogP contribution in [0, 0.1) is 5.92 Å². The molecule has 1 unspecified atom stereocenters. The summed E-state index contributed by atoms with van der Waals surface area (Å²) in [7, 11) is 1.85. The molecular formula is C14H20Cl2N2O. The van der Waals surface area contributed by atoms with Gasteiger partial charge in [0, 0.05) is 17.5 Å². The largest absolute Gasteiger partial charge is 0.346 e. The summed E-state index contributed by atoms with van der Waals surface area (Å²) in [5, 5.41) is 6.90. The molecule has 1 aliphatic rings. The molecule has 1 aliphatic carbocycles. The van der Waals surface area contributed by atoms with E-state index >= 15 is 0 Å². The predicted octanol–water partition coefficient (Wildman–Crippen LogP) is 2.72. The molecule has 0 bridgehead atoms. The van der Waals surface area contributed by atoms with E-state index in [1.165, 1.54) is 0 Å². The van der Waals surface area contributed by atoms with E-state index in [1.54, 1.807) is 0 Å². The van der Waals surface area contributed by atoms with E-state index < -0.39 is 0 Å². The minimum Gasteiger partial charge on any atom is -0.346 e. The van der Waals surface area contributed by atoms with Crippen LogP contribution in [0.2, 0.25) is 5.02 Å². The lowest BCUT2D eigenvalue weighted by Crippen LogP contribution is -2.40. The average molecular weight is 303 g/mol. The van der Waals surface area contributed by atoms with Crippen LogP contribution in [-0.4, -0.2) is 19.5 Å². The van der Waals surface area contributed by atoms with Gasteiger partial charge >= 0.3 is 0 Å². The number of halogens is 2. The van der Waals surface area contributed by atoms with Gasteiger partial charge in [-0.1, -0.05) is 30.7 Å². The van der Waals surface area contributed by atoms with Crippen LogP contribution in [0.3, 0.4) is 0 Å². The van der Waals surface area contributed by atoms with Crippen molar-refractivity contribution in [2.45, 2.75) is 25.3 Å². The van der Waals surface area contributed by atoms with Crippen LogP contribution in [-0.2, 0) is 10.3 Å². The lowest BCUT2D eigenvalue weighted by Gasteiger charge is -2.21. The van der Waals surface area contributed by atoms with Crippen molar-refractivity contribution < 1.29 is 4.79 Å². The standard InChI is InChI=1S/C14H19ClN2O.ClH/c1-10(9-16-2)13(18)17-14(6-7-14)11-4-3-5-12(15)8-11;/h3-5,8,10,16H,6-7,9H2,1-2H3,(H,17,18);1H. The van der Waals surface area contributed by atoms with Gasteiger partial charge in [0.05, 0.1) is 5.54 Å². The van der Waals surface area contributed by atoms with Gasteiger partial charge in [-0.3, -0.25) is 4.79 Å². The van der Waals surface area contributed by atoms with Crippen LogP contribution >= 0.6 is 24.0 Å². The average Bonchev–Trinajstić information content (AvgIpc) is 3.10. The molecular weight excluding hydrogens is 283 g/mol. The Kier molecular flexibility index (Phi) is 5.65. The van der Waals surface area contributed by atoms with Gasteiger partial charge in [0.25, 0.3) is 0 Å². The Morgan fingerprint density at radius 1 is 1.47 bits per heavy atom. The monoisotopic (exact) mass is 302 g/mol. The van der Waals surface area contributed by atoms with E-state index in [2.05, 4.69) is 10.6 Å². The van der Waals surface area contributed by atoms with Crippen LogP contribution in [0.25, 0.3) is 0 Å². The fraction of sp³-hybridized carbons (Fsp3) is 0.500. The van der Waals surface area contributed by atoms with Gasteiger partial charge in [0.1, 0.15) is 0 Å². The molecule has 0 aromatic heterocycles. The fourth-order valence-electron chi connectivity index (χ4n) is 2.15. The Labute approximate surface area is 125 Å². The molecule has 5 heteroatoms. The summed E-state index contributed by atoms with van der Waals surface area (Å²) in [4.78, 5) is 12.1. The number of carbonyl (C=O) groups is 1. The van der Waals surface area contributed by atoms with Crippen molar-refractivity contribution in [3.8, 4) is 0 Å². The third kappa shape index (κ3) is 3.85. The van der Waals surface area contributed by atoms with Gasteiger partial charge in [0.15, 0.2) is 0 Å². The first-order chi connectivity index (χ1) is 8.57. The third-order valence-corrected chi connectivity index (χ3v) is 3.68. The zero-order valence-electron chi connectivity index (χ0n) is 11.2. The number of rotatable bonds is 5. The smallest absolute Gasteiger partial charge is 0.224 e. The van der Waals surface area contributed by atoms with Crippen molar-refractivity contribution in [2.75, 3.05) is 13.6 Å². The van der Waals surface area contributed by atoms with E-state index in [9.17, 15) is 4.79 Å². The normalized spacial score (nSPS) is 17.2. The predicted molar refractivity (Wildman–Crippen MR) is 80.8 cm³/mol. The first kappa shape index (κ1) is 16.3. The van der Waals surface area contributed by atoms with Crippen molar-refractivity contribution in [1.29, 1.82) is 0 Å². The van der Waals surface area contributed by atoms with Crippen LogP contribution < -0.4 is 10.6 Å². The second-order valence-corrected chi connectivity index (χ2v) is 5.48. The van der Waals surface area contributed by atoms with Gasteiger partial charge in [-0.2, -0.15) is 0 Å². The second-order valence-electron chi connectivity index (χ2n) is 5.04. The quantitative estimate of drug-likeness (QED) is 0.878. The molecule has 1 atom stereocenters. The van der Waals surface area contributed by atoms with Crippen molar-refractivity contribution in [3.05, 3.63) is 34.9 Å². The van der Waals surface area contributed by atoms with Gasteiger partial charge in [0.2, 0.25) is 5.91 Å². The van der Waals surface area contributed by atoms with Crippen molar-refractivity contribution in [1.82, 2.24) is 10.6 Å². The number of amides is 1. The molecule has 1 aromatic carbocycles. The second kappa shape index (κ2) is 6.60. The van der Waals surface area contributed by atoms with E-state index in [4.69, 9.17) is 11.6 Å². The molecule has 0 heterocycles. The molecule has 1 saturated carbocycles. The van der Waals surface area contributed by atoms with E-state index in [0.29, 0.717) is 6.54 Å². The van der Waals surface area contributed by atoms with Crippen molar-refractivity contribution >= 4 is 29.9 Å². The highest BCUT2D eigenvalue weighted by atomic mass is 35.5. The summed E-state index contributed by atoms with van der Waals surface area (Å²) >= 11 is 6.00. The van der Waals surface area contributed by atoms with Gasteiger partial charge in [-0.25, -0.2) is 0 Å². The fourth-order valence-corrected chi connectivity index (χ4v) is 2.35. The van der Waals surface area contributed by atoms with Crippen LogP contribution in [0.4, 0.5) is 0 Å². The molecule has 0 radical (unpaired) electrons. The molecule has 1 fully saturated rings. The minimum atomic E-state index is -0.177. The Balaban J connectivity index is 0.00000180. The van der Waals surface area contributed by atoms with Crippen LogP contribution in [0.5, 0.6) is 0 Å². The summed E-state index contributed by atoms with van der Waals surface area (Å²) in [6.45, 7) is 2.62. The Morgan fingerprint density at radius 2 is 2.16 bits per heavy atom. The van der Waals surface area contributed by atoms with E-state index in [-0.39, 0.29) is 29.8 Å². The van der Waals surface area contributed by atoms with Gasteiger partial charge in [-0.15, -0.1) is 12.4 Å². The summed E-state index contributed by atoms with van der Waals surface area (Å²) in [5.41, 5.74) is 0.935. The molecule has 2 rings (SSSR count). The summed E-state index contributed by atoms with van der Waals surface area (Å²) in [5.74, 6) is 0.0773. The molecule has 1 amide bonds. The molecule has 106 valence electrons. The molecule has 1 aromatic rings. The summed E-state index contributed by atoms with van der Waals surface area (Å²) in [6, 6.07) is 7.76. The van der Waals surface area contributed by atoms with Crippen molar-refractivity contribution in [3.63, 3.8) is 0 Å². The number of hydrogen-bond donors (Lipinski definition) is 2. The molecule has 2 N–H and O–H groups in total. The first-order valence-corrected chi connectivity index (χ1v) is 6.68. The van der Waals surface area contributed by atoms with Crippen LogP contribution in [0.15, 0.2) is 24.3 Å². The van der Waals surface area contributed by atoms with Crippen LogP contribution in [0.1, 0.15) is 25.3 Å². The number of carbonyl (C=O) groups excluding carboxylic acids is 1. The zero-order valence-corrected chi connectivity index (χ0v) is 12.8. The zero-order chi connectivity index (χ0) is 13.2. The number of nitrogens with one attached hydrogen (secondary N) is 2. The lowest BCUT2D eigenvalue weighted by molar-refractivity contribution is -0.125. The van der Waals surface area contributed by atoms with Gasteiger partial charge < -0.3 is 10.6 Å². The number of hydrogen-bond acceptors (Lipinski definition) is 2. The maximum Gasteiger partial charge on any atom is 0.224 e. The Bertz CT molecular complexity index is 447. The summed E-state index contributed by atoms with van der Waals surface area (Å²) in [6.07, 6.45) is 1.98. The summed E-state index contributed by atoms with van der Waals surface area (Å²) < 4.78 is 0. The molecule has 3 nitrogen and oxygen atoms in total. The highest BCUT2D eigenvalue weighted by Crippen LogP contribution is 2.46. The maximum absolute atomic E-state index is 12.1. The maximum atomic E-state index is 12.1. The topological polar surface area (TPSA) is 41.1 Å². The van der Waals surface area contributed by atoms with Crippen molar-refractivity contribution in [2.24, 2.45) is 5.92 Å². The van der Waals surface area contributed by atoms with Gasteiger partial charge in [-0.05, 0) is 37.6 Å². The highest BCUT2D eigenvalue weighted by molar-refractivity contribution is 6.30. The number of benzene rings is 1. The van der Waals surface area contributed by atoms with E-state index in [1.807, 2.05) is 38.2 Å². The first-order valence-electron chi connectivity index (χ1n) is 6.30.